The molecule has 2 aromatic heterocycles. The number of hydrogen-bond acceptors (Lipinski definition) is 10. The number of benzene rings is 2. The average molecular weight is 436 g/mol. The zero-order chi connectivity index (χ0) is 21.6. The molecule has 2 aromatic carbocycles. The minimum Gasteiger partial charge on any atom is -0.508 e. The summed E-state index contributed by atoms with van der Waals surface area (Å²) < 4.78 is 5.96. The first-order chi connectivity index (χ1) is 15.1. The standard InChI is InChI=1S/C19H16N8O3S/c20-17-18(25-30-24-17)27-15(11-31-14-7-2-1-3-8-14)16(22-26-27)19(29)23-21-10-12-5-4-6-13(28)9-12/h1-10,28H,11H2,(H2,20,24)(H,23,29)/b21-10-. The Kier molecular flexibility index (Phi) is 5.89. The number of carbonyl (C=O) groups is 1. The summed E-state index contributed by atoms with van der Waals surface area (Å²) in [5, 5.41) is 28.7. The number of thioether (sulfide) groups is 1. The van der Waals surface area contributed by atoms with Gasteiger partial charge >= 0.3 is 0 Å². The van der Waals surface area contributed by atoms with Crippen LogP contribution in [0.3, 0.4) is 0 Å². The molecule has 156 valence electrons. The van der Waals surface area contributed by atoms with Gasteiger partial charge in [-0.2, -0.15) is 9.78 Å². The highest BCUT2D eigenvalue weighted by molar-refractivity contribution is 7.98. The number of hydrogen-bond donors (Lipinski definition) is 3. The third-order valence-corrected chi connectivity index (χ3v) is 5.07. The lowest BCUT2D eigenvalue weighted by Crippen LogP contribution is -2.20. The monoisotopic (exact) mass is 436 g/mol. The van der Waals surface area contributed by atoms with Gasteiger partial charge < -0.3 is 10.8 Å². The lowest BCUT2D eigenvalue weighted by molar-refractivity contribution is 0.0949. The molecule has 0 aliphatic rings. The quantitative estimate of drug-likeness (QED) is 0.224. The van der Waals surface area contributed by atoms with E-state index in [1.807, 2.05) is 30.3 Å². The van der Waals surface area contributed by atoms with Crippen molar-refractivity contribution in [2.45, 2.75) is 10.6 Å². The predicted molar refractivity (Wildman–Crippen MR) is 113 cm³/mol. The molecule has 0 bridgehead atoms. The van der Waals surface area contributed by atoms with Gasteiger partial charge in [0.15, 0.2) is 5.69 Å². The molecule has 0 saturated carbocycles. The number of nitrogens with one attached hydrogen (secondary N) is 1. The van der Waals surface area contributed by atoms with Crippen LogP contribution in [0, 0.1) is 0 Å². The number of aromatic nitrogens is 5. The normalized spacial score (nSPS) is 11.1. The fraction of sp³-hybridized carbons (Fsp3) is 0.0526. The highest BCUT2D eigenvalue weighted by Gasteiger charge is 2.24. The van der Waals surface area contributed by atoms with Crippen molar-refractivity contribution in [3.63, 3.8) is 0 Å². The van der Waals surface area contributed by atoms with Crippen molar-refractivity contribution in [3.05, 3.63) is 71.5 Å². The molecule has 4 N–H and O–H groups in total. The number of aromatic hydroxyl groups is 1. The second kappa shape index (κ2) is 9.09. The molecule has 0 saturated heterocycles. The number of nitrogens with two attached hydrogens (primary N) is 1. The molecule has 2 heterocycles. The number of nitrogens with zero attached hydrogens (tertiary/aromatic N) is 6. The molecule has 31 heavy (non-hydrogen) atoms. The molecular weight excluding hydrogens is 420 g/mol. The Morgan fingerprint density at radius 3 is 2.81 bits per heavy atom. The smallest absolute Gasteiger partial charge is 0.293 e. The van der Waals surface area contributed by atoms with Gasteiger partial charge in [0.2, 0.25) is 11.6 Å². The van der Waals surface area contributed by atoms with E-state index in [2.05, 4.69) is 35.8 Å². The first kappa shape index (κ1) is 20.1. The molecule has 0 fully saturated rings. The summed E-state index contributed by atoms with van der Waals surface area (Å²) in [6.07, 6.45) is 1.40. The SMILES string of the molecule is Nc1nonc1-n1nnc(C(=O)N/N=C\c2cccc(O)c2)c1CSc1ccccc1. The lowest BCUT2D eigenvalue weighted by Gasteiger charge is -2.05. The van der Waals surface area contributed by atoms with E-state index in [-0.39, 0.29) is 23.1 Å². The van der Waals surface area contributed by atoms with Crippen molar-refractivity contribution in [1.82, 2.24) is 30.7 Å². The summed E-state index contributed by atoms with van der Waals surface area (Å²) >= 11 is 1.48. The van der Waals surface area contributed by atoms with Crippen molar-refractivity contribution < 1.29 is 14.5 Å². The van der Waals surface area contributed by atoms with Gasteiger partial charge in [-0.1, -0.05) is 35.5 Å². The third-order valence-electron chi connectivity index (χ3n) is 4.04. The van der Waals surface area contributed by atoms with Gasteiger partial charge in [-0.15, -0.1) is 16.9 Å². The third kappa shape index (κ3) is 4.70. The summed E-state index contributed by atoms with van der Waals surface area (Å²) in [6.45, 7) is 0. The highest BCUT2D eigenvalue weighted by atomic mass is 32.2. The molecular formula is C19H16N8O3S. The summed E-state index contributed by atoms with van der Waals surface area (Å²) in [6, 6.07) is 16.1. The van der Waals surface area contributed by atoms with Crippen LogP contribution in [-0.4, -0.2) is 42.5 Å². The van der Waals surface area contributed by atoms with Crippen LogP contribution < -0.4 is 11.2 Å². The maximum atomic E-state index is 12.7. The van der Waals surface area contributed by atoms with Crippen molar-refractivity contribution in [1.29, 1.82) is 0 Å². The summed E-state index contributed by atoms with van der Waals surface area (Å²) in [5.74, 6) is 0.0318. The Morgan fingerprint density at radius 2 is 2.06 bits per heavy atom. The maximum Gasteiger partial charge on any atom is 0.293 e. The van der Waals surface area contributed by atoms with Gasteiger partial charge in [0.1, 0.15) is 5.75 Å². The van der Waals surface area contributed by atoms with Crippen LogP contribution in [-0.2, 0) is 5.75 Å². The van der Waals surface area contributed by atoms with E-state index < -0.39 is 5.91 Å². The van der Waals surface area contributed by atoms with Gasteiger partial charge in [-0.3, -0.25) is 4.79 Å². The topological polar surface area (TPSA) is 157 Å². The predicted octanol–water partition coefficient (Wildman–Crippen LogP) is 1.99. The maximum absolute atomic E-state index is 12.7. The zero-order valence-corrected chi connectivity index (χ0v) is 16.7. The van der Waals surface area contributed by atoms with Gasteiger partial charge in [0.05, 0.1) is 11.9 Å². The average Bonchev–Trinajstić information content (AvgIpc) is 3.38. The van der Waals surface area contributed by atoms with Gasteiger partial charge in [0, 0.05) is 10.6 Å². The minimum atomic E-state index is -0.568. The summed E-state index contributed by atoms with van der Waals surface area (Å²) in [5.41, 5.74) is 9.31. The van der Waals surface area contributed by atoms with E-state index in [4.69, 9.17) is 5.73 Å². The van der Waals surface area contributed by atoms with Crippen LogP contribution in [0.15, 0.2) is 69.2 Å². The van der Waals surface area contributed by atoms with E-state index in [0.29, 0.717) is 17.0 Å². The van der Waals surface area contributed by atoms with Crippen molar-refractivity contribution in [2.75, 3.05) is 5.73 Å². The molecule has 1 amide bonds. The van der Waals surface area contributed by atoms with Crippen LogP contribution in [0.5, 0.6) is 5.75 Å². The molecule has 12 heteroatoms. The van der Waals surface area contributed by atoms with Crippen molar-refractivity contribution in [3.8, 4) is 11.6 Å². The molecule has 11 nitrogen and oxygen atoms in total. The molecule has 0 unspecified atom stereocenters. The van der Waals surface area contributed by atoms with Gasteiger partial charge in [0.25, 0.3) is 5.91 Å². The van der Waals surface area contributed by atoms with Crippen molar-refractivity contribution in [2.24, 2.45) is 5.10 Å². The van der Waals surface area contributed by atoms with Crippen LogP contribution in [0.2, 0.25) is 0 Å². The minimum absolute atomic E-state index is 0.0183. The largest absolute Gasteiger partial charge is 0.508 e. The van der Waals surface area contributed by atoms with Crippen LogP contribution in [0.4, 0.5) is 5.82 Å². The van der Waals surface area contributed by atoms with Gasteiger partial charge in [-0.25, -0.2) is 10.1 Å². The number of nitrogen functional groups attached to an aromatic ring is 1. The van der Waals surface area contributed by atoms with E-state index in [1.165, 1.54) is 34.8 Å². The fourth-order valence-corrected chi connectivity index (χ4v) is 3.52. The van der Waals surface area contributed by atoms with E-state index >= 15 is 0 Å². The van der Waals surface area contributed by atoms with E-state index in [0.717, 1.165) is 4.90 Å². The Labute approximate surface area is 179 Å². The zero-order valence-electron chi connectivity index (χ0n) is 15.9. The Morgan fingerprint density at radius 1 is 1.23 bits per heavy atom. The number of rotatable bonds is 7. The molecule has 0 atom stereocenters. The molecule has 4 aromatic rings. The number of phenolic OH excluding ortho intramolecular Hbond substituents is 1. The second-order valence-corrected chi connectivity index (χ2v) is 7.21. The molecule has 0 aliphatic heterocycles. The Balaban J connectivity index is 1.58. The molecule has 0 spiro atoms. The number of hydrazone groups is 1. The molecule has 4 rings (SSSR count). The molecule has 0 aliphatic carbocycles. The van der Waals surface area contributed by atoms with Crippen LogP contribution >= 0.6 is 11.8 Å². The first-order valence-electron chi connectivity index (χ1n) is 8.95. The first-order valence-corrected chi connectivity index (χ1v) is 9.93. The number of anilines is 1. The second-order valence-electron chi connectivity index (χ2n) is 6.17. The number of phenols is 1. The Bertz CT molecular complexity index is 1220. The van der Waals surface area contributed by atoms with Crippen LogP contribution in [0.25, 0.3) is 5.82 Å². The summed E-state index contributed by atoms with van der Waals surface area (Å²) in [7, 11) is 0. The molecule has 0 radical (unpaired) electrons. The lowest BCUT2D eigenvalue weighted by atomic mass is 10.2. The van der Waals surface area contributed by atoms with E-state index in [9.17, 15) is 9.90 Å². The Hall–Kier alpha value is -4.19. The fourth-order valence-electron chi connectivity index (χ4n) is 2.61. The van der Waals surface area contributed by atoms with E-state index in [1.54, 1.807) is 12.1 Å². The highest BCUT2D eigenvalue weighted by Crippen LogP contribution is 2.25. The summed E-state index contributed by atoms with van der Waals surface area (Å²) in [4.78, 5) is 13.7. The number of carbonyl (C=O) groups excluding carboxylic acids is 1. The van der Waals surface area contributed by atoms with Gasteiger partial charge in [-0.05, 0) is 40.1 Å². The number of amides is 1. The van der Waals surface area contributed by atoms with Crippen molar-refractivity contribution >= 4 is 29.7 Å². The van der Waals surface area contributed by atoms with Crippen LogP contribution in [0.1, 0.15) is 21.7 Å².